The molecular formula is C21H19N5O3. The molecule has 1 aliphatic carbocycles. The van der Waals surface area contributed by atoms with Gasteiger partial charge in [0.15, 0.2) is 5.78 Å². The predicted octanol–water partition coefficient (Wildman–Crippen LogP) is 2.43. The topological polar surface area (TPSA) is 125 Å². The van der Waals surface area contributed by atoms with Gasteiger partial charge in [0.25, 0.3) is 5.91 Å². The van der Waals surface area contributed by atoms with E-state index in [9.17, 15) is 14.9 Å². The van der Waals surface area contributed by atoms with Gasteiger partial charge in [0.1, 0.15) is 17.3 Å². The molecule has 0 aromatic carbocycles. The molecule has 1 atom stereocenters. The molecule has 4 rings (SSSR count). The number of carbonyl (C=O) groups excluding carboxylic acids is 2. The molecule has 2 aliphatic rings. The highest BCUT2D eigenvalue weighted by atomic mass is 16.3. The number of hydrazine groups is 1. The van der Waals surface area contributed by atoms with Gasteiger partial charge in [-0.3, -0.25) is 20.0 Å². The number of amides is 1. The number of nitrogens with two attached hydrogens (primary N) is 1. The summed E-state index contributed by atoms with van der Waals surface area (Å²) in [7, 11) is 0. The van der Waals surface area contributed by atoms with E-state index in [1.807, 2.05) is 0 Å². The highest BCUT2D eigenvalue weighted by Gasteiger charge is 2.41. The molecule has 8 nitrogen and oxygen atoms in total. The number of hydrogen-bond donors (Lipinski definition) is 2. The second-order valence-corrected chi connectivity index (χ2v) is 6.94. The number of nitriles is 1. The fourth-order valence-electron chi connectivity index (χ4n) is 3.78. The SMILES string of the molecule is Cc1ccc(C2C(C#N)=C(N)N(NC(=O)c3ccncc3)C3=C2C(=O)CCC3)o1. The van der Waals surface area contributed by atoms with Crippen molar-refractivity contribution in [3.05, 3.63) is 76.4 Å². The van der Waals surface area contributed by atoms with Crippen molar-refractivity contribution in [1.29, 1.82) is 5.26 Å². The van der Waals surface area contributed by atoms with Crippen LogP contribution in [0.15, 0.2) is 63.7 Å². The van der Waals surface area contributed by atoms with Crippen LogP contribution in [0, 0.1) is 18.3 Å². The van der Waals surface area contributed by atoms with Crippen molar-refractivity contribution in [2.45, 2.75) is 32.1 Å². The van der Waals surface area contributed by atoms with E-state index in [1.165, 1.54) is 17.4 Å². The van der Waals surface area contributed by atoms with Crippen LogP contribution in [-0.2, 0) is 4.79 Å². The molecule has 3 N–H and O–H groups in total. The number of furan rings is 1. The van der Waals surface area contributed by atoms with Crippen LogP contribution in [0.1, 0.15) is 47.1 Å². The average Bonchev–Trinajstić information content (AvgIpc) is 3.16. The Balaban J connectivity index is 1.81. The third kappa shape index (κ3) is 3.17. The van der Waals surface area contributed by atoms with Crippen LogP contribution >= 0.6 is 0 Å². The van der Waals surface area contributed by atoms with Crippen LogP contribution in [0.5, 0.6) is 0 Å². The maximum Gasteiger partial charge on any atom is 0.270 e. The van der Waals surface area contributed by atoms with Crippen molar-refractivity contribution in [1.82, 2.24) is 15.4 Å². The van der Waals surface area contributed by atoms with E-state index in [2.05, 4.69) is 16.5 Å². The Hall–Kier alpha value is -3.86. The largest absolute Gasteiger partial charge is 0.465 e. The fraction of sp³-hybridized carbons (Fsp3) is 0.238. The zero-order valence-electron chi connectivity index (χ0n) is 15.8. The Morgan fingerprint density at radius 3 is 2.72 bits per heavy atom. The monoisotopic (exact) mass is 389 g/mol. The summed E-state index contributed by atoms with van der Waals surface area (Å²) < 4.78 is 5.75. The molecule has 0 fully saturated rings. The summed E-state index contributed by atoms with van der Waals surface area (Å²) in [6, 6.07) is 8.79. The second-order valence-electron chi connectivity index (χ2n) is 6.94. The number of Topliss-reactive ketones (excluding diaryl/α,β-unsaturated/α-hetero) is 1. The number of ketones is 1. The molecular weight excluding hydrogens is 370 g/mol. The van der Waals surface area contributed by atoms with E-state index in [1.54, 1.807) is 31.2 Å². The number of hydrogen-bond acceptors (Lipinski definition) is 7. The normalized spacial score (nSPS) is 19.1. The second kappa shape index (κ2) is 7.28. The zero-order valence-corrected chi connectivity index (χ0v) is 15.8. The molecule has 2 aromatic rings. The summed E-state index contributed by atoms with van der Waals surface area (Å²) in [5.41, 5.74) is 10.7. The average molecular weight is 389 g/mol. The Morgan fingerprint density at radius 2 is 2.07 bits per heavy atom. The number of aromatic nitrogens is 1. The van der Waals surface area contributed by atoms with Gasteiger partial charge in [-0.15, -0.1) is 0 Å². The van der Waals surface area contributed by atoms with Crippen molar-refractivity contribution in [2.75, 3.05) is 0 Å². The quantitative estimate of drug-likeness (QED) is 0.826. The van der Waals surface area contributed by atoms with Gasteiger partial charge in [-0.05, 0) is 44.0 Å². The van der Waals surface area contributed by atoms with Crippen molar-refractivity contribution in [2.24, 2.45) is 5.73 Å². The third-order valence-corrected chi connectivity index (χ3v) is 5.11. The Labute approximate surface area is 167 Å². The first-order valence-electron chi connectivity index (χ1n) is 9.24. The lowest BCUT2D eigenvalue weighted by Crippen LogP contribution is -2.48. The number of rotatable bonds is 3. The van der Waals surface area contributed by atoms with Crippen molar-refractivity contribution in [3.8, 4) is 6.07 Å². The molecule has 0 bridgehead atoms. The minimum Gasteiger partial charge on any atom is -0.465 e. The molecule has 2 aromatic heterocycles. The van der Waals surface area contributed by atoms with Gasteiger partial charge in [0.05, 0.1) is 23.3 Å². The predicted molar refractivity (Wildman–Crippen MR) is 102 cm³/mol. The molecule has 1 aliphatic heterocycles. The fourth-order valence-corrected chi connectivity index (χ4v) is 3.78. The first-order chi connectivity index (χ1) is 14.0. The van der Waals surface area contributed by atoms with Crippen LogP contribution in [0.25, 0.3) is 0 Å². The number of pyridine rings is 1. The Morgan fingerprint density at radius 1 is 1.31 bits per heavy atom. The van der Waals surface area contributed by atoms with Gasteiger partial charge in [0, 0.05) is 30.0 Å². The summed E-state index contributed by atoms with van der Waals surface area (Å²) in [6.07, 6.45) is 4.58. The maximum atomic E-state index is 12.9. The van der Waals surface area contributed by atoms with Gasteiger partial charge >= 0.3 is 0 Å². The Kier molecular flexibility index (Phi) is 4.64. The van der Waals surface area contributed by atoms with Gasteiger partial charge < -0.3 is 10.2 Å². The van der Waals surface area contributed by atoms with Crippen LogP contribution in [0.4, 0.5) is 0 Å². The summed E-state index contributed by atoms with van der Waals surface area (Å²) >= 11 is 0. The minimum atomic E-state index is -0.675. The maximum absolute atomic E-state index is 12.9. The molecule has 1 unspecified atom stereocenters. The van der Waals surface area contributed by atoms with Crippen LogP contribution in [-0.4, -0.2) is 21.7 Å². The number of aryl methyl sites for hydroxylation is 1. The minimum absolute atomic E-state index is 0.0753. The molecule has 146 valence electrons. The van der Waals surface area contributed by atoms with Crippen LogP contribution < -0.4 is 11.2 Å². The van der Waals surface area contributed by atoms with Gasteiger partial charge in [-0.1, -0.05) is 0 Å². The molecule has 1 amide bonds. The molecule has 3 heterocycles. The number of nitrogens with one attached hydrogen (secondary N) is 1. The van der Waals surface area contributed by atoms with Crippen molar-refractivity contribution >= 4 is 11.7 Å². The third-order valence-electron chi connectivity index (χ3n) is 5.11. The highest BCUT2D eigenvalue weighted by Crippen LogP contribution is 2.44. The van der Waals surface area contributed by atoms with E-state index < -0.39 is 11.8 Å². The highest BCUT2D eigenvalue weighted by molar-refractivity contribution is 6.00. The Bertz CT molecular complexity index is 1090. The summed E-state index contributed by atoms with van der Waals surface area (Å²) in [6.45, 7) is 1.80. The first kappa shape index (κ1) is 18.5. The molecule has 0 saturated heterocycles. The molecule has 8 heteroatoms. The van der Waals surface area contributed by atoms with Gasteiger partial charge in [0.2, 0.25) is 0 Å². The van der Waals surface area contributed by atoms with E-state index in [0.717, 1.165) is 0 Å². The summed E-state index contributed by atoms with van der Waals surface area (Å²) in [4.78, 5) is 29.5. The molecule has 0 spiro atoms. The first-order valence-corrected chi connectivity index (χ1v) is 9.24. The zero-order chi connectivity index (χ0) is 20.5. The lowest BCUT2D eigenvalue weighted by molar-refractivity contribution is -0.116. The summed E-state index contributed by atoms with van der Waals surface area (Å²) in [5.74, 6) is 0.0889. The lowest BCUT2D eigenvalue weighted by atomic mass is 9.78. The van der Waals surface area contributed by atoms with Crippen molar-refractivity contribution in [3.63, 3.8) is 0 Å². The number of carbonyl (C=O) groups is 2. The van der Waals surface area contributed by atoms with Crippen LogP contribution in [0.2, 0.25) is 0 Å². The molecule has 0 radical (unpaired) electrons. The van der Waals surface area contributed by atoms with Gasteiger partial charge in [-0.25, -0.2) is 5.01 Å². The number of nitrogens with zero attached hydrogens (tertiary/aromatic N) is 3. The van der Waals surface area contributed by atoms with E-state index in [4.69, 9.17) is 10.2 Å². The van der Waals surface area contributed by atoms with E-state index >= 15 is 0 Å². The number of allylic oxidation sites excluding steroid dienone is 3. The van der Waals surface area contributed by atoms with Crippen molar-refractivity contribution < 1.29 is 14.0 Å². The van der Waals surface area contributed by atoms with E-state index in [0.29, 0.717) is 47.6 Å². The van der Waals surface area contributed by atoms with E-state index in [-0.39, 0.29) is 17.2 Å². The van der Waals surface area contributed by atoms with Gasteiger partial charge in [-0.2, -0.15) is 5.26 Å². The standard InChI is InChI=1S/C21H19N5O3/c1-12-5-6-17(29-12)18-14(11-22)20(23)26(15-3-2-4-16(27)19(15)18)25-21(28)13-7-9-24-10-8-13/h5-10,18H,2-4,23H2,1H3,(H,25,28). The smallest absolute Gasteiger partial charge is 0.270 e. The lowest BCUT2D eigenvalue weighted by Gasteiger charge is -2.38. The molecule has 29 heavy (non-hydrogen) atoms. The summed E-state index contributed by atoms with van der Waals surface area (Å²) in [5, 5.41) is 11.2. The molecule has 0 saturated carbocycles. The van der Waals surface area contributed by atoms with Crippen LogP contribution in [0.3, 0.4) is 0 Å².